The van der Waals surface area contributed by atoms with Gasteiger partial charge in [0, 0.05) is 42.5 Å². The van der Waals surface area contributed by atoms with Crippen molar-refractivity contribution in [3.05, 3.63) is 66.0 Å². The minimum absolute atomic E-state index is 0.00941. The van der Waals surface area contributed by atoms with Crippen LogP contribution in [0, 0.1) is 0 Å². The normalized spacial score (nSPS) is 25.0. The van der Waals surface area contributed by atoms with Crippen LogP contribution in [0.5, 0.6) is 0 Å². The lowest BCUT2D eigenvalue weighted by atomic mass is 9.96. The summed E-state index contributed by atoms with van der Waals surface area (Å²) in [6, 6.07) is 15.9. The predicted molar refractivity (Wildman–Crippen MR) is 105 cm³/mol. The van der Waals surface area contributed by atoms with Crippen LogP contribution in [0.25, 0.3) is 11.0 Å². The minimum Gasteiger partial charge on any atom is -0.349 e. The largest absolute Gasteiger partial charge is 0.349 e. The van der Waals surface area contributed by atoms with Gasteiger partial charge in [0.2, 0.25) is 0 Å². The zero-order valence-electron chi connectivity index (χ0n) is 15.3. The van der Waals surface area contributed by atoms with Gasteiger partial charge in [0.1, 0.15) is 5.65 Å². The lowest BCUT2D eigenvalue weighted by Crippen LogP contribution is -2.49. The second-order valence-electron chi connectivity index (χ2n) is 7.79. The number of pyridine rings is 1. The Morgan fingerprint density at radius 3 is 2.67 bits per heavy atom. The third-order valence-electron chi connectivity index (χ3n) is 6.12. The van der Waals surface area contributed by atoms with Crippen LogP contribution in [-0.4, -0.2) is 38.9 Å². The summed E-state index contributed by atoms with van der Waals surface area (Å²) in [4.78, 5) is 22.8. The Morgan fingerprint density at radius 2 is 1.89 bits per heavy atom. The maximum atomic E-state index is 12.8. The minimum atomic E-state index is 0.00941. The number of carbonyl (C=O) groups excluding carboxylic acids is 1. The molecule has 5 nitrogen and oxygen atoms in total. The summed E-state index contributed by atoms with van der Waals surface area (Å²) in [6.45, 7) is 1.02. The van der Waals surface area contributed by atoms with E-state index < -0.39 is 0 Å². The first kappa shape index (κ1) is 16.5. The van der Waals surface area contributed by atoms with Gasteiger partial charge in [-0.3, -0.25) is 9.69 Å². The summed E-state index contributed by atoms with van der Waals surface area (Å²) in [5, 5.41) is 4.17. The van der Waals surface area contributed by atoms with Gasteiger partial charge >= 0.3 is 0 Å². The molecule has 138 valence electrons. The lowest BCUT2D eigenvalue weighted by Gasteiger charge is -2.39. The molecule has 2 aliphatic rings. The van der Waals surface area contributed by atoms with Crippen molar-refractivity contribution in [1.29, 1.82) is 0 Å². The topological polar surface area (TPSA) is 61.0 Å². The molecule has 1 aromatic carbocycles. The Morgan fingerprint density at radius 1 is 1.11 bits per heavy atom. The molecule has 2 fully saturated rings. The van der Waals surface area contributed by atoms with Crippen LogP contribution in [0.1, 0.15) is 41.6 Å². The number of hydrogen-bond acceptors (Lipinski definition) is 3. The first-order valence-corrected chi connectivity index (χ1v) is 9.80. The van der Waals surface area contributed by atoms with Crippen LogP contribution in [0.3, 0.4) is 0 Å². The van der Waals surface area contributed by atoms with Crippen molar-refractivity contribution in [2.75, 3.05) is 0 Å². The van der Waals surface area contributed by atoms with Crippen LogP contribution in [0.2, 0.25) is 0 Å². The van der Waals surface area contributed by atoms with Crippen molar-refractivity contribution >= 4 is 16.9 Å². The molecule has 2 bridgehead atoms. The number of nitrogens with zero attached hydrogens (tertiary/aromatic N) is 2. The van der Waals surface area contributed by atoms with Crippen LogP contribution < -0.4 is 5.32 Å². The second kappa shape index (κ2) is 6.82. The number of hydrogen-bond donors (Lipinski definition) is 2. The molecular formula is C22H24N4O. The van der Waals surface area contributed by atoms with Crippen LogP contribution in [0.4, 0.5) is 0 Å². The number of piperidine rings is 1. The molecule has 2 N–H and O–H groups in total. The maximum absolute atomic E-state index is 12.8. The Balaban J connectivity index is 1.27. The fraction of sp³-hybridized carbons (Fsp3) is 0.364. The van der Waals surface area contributed by atoms with Gasteiger partial charge in [-0.2, -0.15) is 0 Å². The molecule has 2 atom stereocenters. The molecule has 0 saturated carbocycles. The van der Waals surface area contributed by atoms with E-state index in [1.54, 1.807) is 12.4 Å². The third kappa shape index (κ3) is 3.12. The van der Waals surface area contributed by atoms with E-state index in [0.29, 0.717) is 17.6 Å². The standard InChI is InChI=1S/C22H24N4O/c27-22(20-13-24-21-19(20)7-4-10-23-21)25-16-11-17-8-9-18(12-16)26(17)14-15-5-2-1-3-6-15/h1-7,10,13,16-18H,8-9,11-12,14H2,(H,23,24)(H,25,27). The summed E-state index contributed by atoms with van der Waals surface area (Å²) in [5.41, 5.74) is 2.83. The number of amides is 1. The summed E-state index contributed by atoms with van der Waals surface area (Å²) >= 11 is 0. The number of rotatable bonds is 4. The van der Waals surface area contributed by atoms with Crippen LogP contribution >= 0.6 is 0 Å². The monoisotopic (exact) mass is 360 g/mol. The van der Waals surface area contributed by atoms with Gasteiger partial charge in [0.15, 0.2) is 0 Å². The van der Waals surface area contributed by atoms with E-state index in [9.17, 15) is 4.79 Å². The highest BCUT2D eigenvalue weighted by molar-refractivity contribution is 6.05. The zero-order valence-corrected chi connectivity index (χ0v) is 15.3. The van der Waals surface area contributed by atoms with Gasteiger partial charge in [-0.1, -0.05) is 30.3 Å². The molecule has 2 saturated heterocycles. The molecule has 27 heavy (non-hydrogen) atoms. The molecule has 4 heterocycles. The SMILES string of the molecule is O=C(NC1CC2CCC(C1)N2Cc1ccccc1)c1c[nH]c2ncccc12. The third-order valence-corrected chi connectivity index (χ3v) is 6.12. The Bertz CT molecular complexity index is 937. The van der Waals surface area contributed by atoms with E-state index in [-0.39, 0.29) is 11.9 Å². The molecule has 2 aromatic heterocycles. The number of aromatic nitrogens is 2. The Labute approximate surface area is 158 Å². The Kier molecular flexibility index (Phi) is 4.17. The fourth-order valence-corrected chi connectivity index (χ4v) is 4.85. The highest BCUT2D eigenvalue weighted by Crippen LogP contribution is 2.37. The van der Waals surface area contributed by atoms with E-state index in [2.05, 4.69) is 50.5 Å². The number of aromatic amines is 1. The summed E-state index contributed by atoms with van der Waals surface area (Å²) < 4.78 is 0. The molecule has 3 aromatic rings. The first-order valence-electron chi connectivity index (χ1n) is 9.80. The molecule has 2 unspecified atom stereocenters. The van der Waals surface area contributed by atoms with Gasteiger partial charge in [-0.25, -0.2) is 4.98 Å². The van der Waals surface area contributed by atoms with Crippen molar-refractivity contribution in [2.24, 2.45) is 0 Å². The summed E-state index contributed by atoms with van der Waals surface area (Å²) in [5.74, 6) is 0.00941. The van der Waals surface area contributed by atoms with Crippen molar-refractivity contribution in [2.45, 2.75) is 50.4 Å². The molecule has 0 aliphatic carbocycles. The number of nitrogens with one attached hydrogen (secondary N) is 2. The van der Waals surface area contributed by atoms with Crippen molar-refractivity contribution < 1.29 is 4.79 Å². The second-order valence-corrected chi connectivity index (χ2v) is 7.79. The number of carbonyl (C=O) groups is 1. The van der Waals surface area contributed by atoms with Crippen molar-refractivity contribution in [3.8, 4) is 0 Å². The first-order chi connectivity index (χ1) is 13.3. The number of fused-ring (bicyclic) bond motifs is 3. The lowest BCUT2D eigenvalue weighted by molar-refractivity contribution is 0.0829. The predicted octanol–water partition coefficient (Wildman–Crippen LogP) is 3.49. The molecule has 5 heteroatoms. The molecule has 5 rings (SSSR count). The zero-order chi connectivity index (χ0) is 18.2. The van der Waals surface area contributed by atoms with Crippen molar-refractivity contribution in [1.82, 2.24) is 20.2 Å². The number of benzene rings is 1. The van der Waals surface area contributed by atoms with Gasteiger partial charge in [0.05, 0.1) is 5.56 Å². The van der Waals surface area contributed by atoms with Crippen molar-refractivity contribution in [3.63, 3.8) is 0 Å². The maximum Gasteiger partial charge on any atom is 0.253 e. The Hall–Kier alpha value is -2.66. The average molecular weight is 360 g/mol. The van der Waals surface area contributed by atoms with E-state index >= 15 is 0 Å². The highest BCUT2D eigenvalue weighted by Gasteiger charge is 2.41. The van der Waals surface area contributed by atoms with E-state index in [1.165, 1.54) is 18.4 Å². The fourth-order valence-electron chi connectivity index (χ4n) is 4.85. The highest BCUT2D eigenvalue weighted by atomic mass is 16.1. The quantitative estimate of drug-likeness (QED) is 0.749. The molecule has 0 radical (unpaired) electrons. The molecule has 1 amide bonds. The van der Waals surface area contributed by atoms with Gasteiger partial charge in [-0.05, 0) is 43.4 Å². The van der Waals surface area contributed by atoms with Gasteiger partial charge < -0.3 is 10.3 Å². The van der Waals surface area contributed by atoms with Gasteiger partial charge in [0.25, 0.3) is 5.91 Å². The van der Waals surface area contributed by atoms with E-state index in [0.717, 1.165) is 30.4 Å². The molecule has 2 aliphatic heterocycles. The smallest absolute Gasteiger partial charge is 0.253 e. The van der Waals surface area contributed by atoms with Crippen LogP contribution in [0.15, 0.2) is 54.9 Å². The molecule has 0 spiro atoms. The van der Waals surface area contributed by atoms with E-state index in [1.807, 2.05) is 12.1 Å². The molecular weight excluding hydrogens is 336 g/mol. The van der Waals surface area contributed by atoms with Crippen LogP contribution in [-0.2, 0) is 6.54 Å². The average Bonchev–Trinajstić information content (AvgIpc) is 3.21. The van der Waals surface area contributed by atoms with E-state index in [4.69, 9.17) is 0 Å². The summed E-state index contributed by atoms with van der Waals surface area (Å²) in [7, 11) is 0. The number of H-pyrrole nitrogens is 1. The summed E-state index contributed by atoms with van der Waals surface area (Å²) in [6.07, 6.45) is 8.06. The van der Waals surface area contributed by atoms with Gasteiger partial charge in [-0.15, -0.1) is 0 Å².